The zero-order valence-corrected chi connectivity index (χ0v) is 20.6. The summed E-state index contributed by atoms with van der Waals surface area (Å²) in [4.78, 5) is 20.6. The third kappa shape index (κ3) is 5.39. The zero-order chi connectivity index (χ0) is 27.2. The van der Waals surface area contributed by atoms with Gasteiger partial charge in [-0.25, -0.2) is 8.78 Å². The highest BCUT2D eigenvalue weighted by Gasteiger charge is 2.24. The maximum absolute atomic E-state index is 15.0. The number of rotatable bonds is 10. The molecule has 12 heteroatoms. The van der Waals surface area contributed by atoms with Crippen LogP contribution in [0.15, 0.2) is 48.9 Å². The molecule has 38 heavy (non-hydrogen) atoms. The van der Waals surface area contributed by atoms with E-state index in [0.717, 1.165) is 0 Å². The number of aromatic nitrogens is 2. The van der Waals surface area contributed by atoms with Gasteiger partial charge in [-0.2, -0.15) is 4.39 Å². The summed E-state index contributed by atoms with van der Waals surface area (Å²) in [6.45, 7) is 0.953. The molecule has 0 atom stereocenters. The van der Waals surface area contributed by atoms with Gasteiger partial charge >= 0.3 is 0 Å². The van der Waals surface area contributed by atoms with Gasteiger partial charge in [0, 0.05) is 42.7 Å². The van der Waals surface area contributed by atoms with E-state index in [-0.39, 0.29) is 17.1 Å². The van der Waals surface area contributed by atoms with E-state index < -0.39 is 34.8 Å². The number of carbonyl (C=O) groups is 1. The minimum absolute atomic E-state index is 0.0100. The van der Waals surface area contributed by atoms with Crippen LogP contribution in [0.25, 0.3) is 10.9 Å². The van der Waals surface area contributed by atoms with E-state index in [0.29, 0.717) is 41.6 Å². The molecule has 0 aliphatic heterocycles. The number of likely N-dealkylation sites (N-methyl/N-ethyl adjacent to an activating group) is 1. The fraction of sp³-hybridized carbons (Fsp3) is 0.192. The summed E-state index contributed by atoms with van der Waals surface area (Å²) in [5.74, 6) is -5.39. The minimum Gasteiger partial charge on any atom is -0.496 e. The standard InChI is InChI=1S/C26H23F3N4O5/c1-30-8-9-37-22-12-17-14(10-21(22)36-3)20(5-7-32-17)38-25-16(27)11-18(23(28)24(25)29)33-26(34)15-13-31-6-4-19(15)35-2/h4-7,10-13,30H,8-9H2,1-3H3,(H,33,34). The van der Waals surface area contributed by atoms with E-state index in [4.69, 9.17) is 18.9 Å². The smallest absolute Gasteiger partial charge is 0.261 e. The molecule has 4 rings (SSSR count). The summed E-state index contributed by atoms with van der Waals surface area (Å²) < 4.78 is 66.5. The van der Waals surface area contributed by atoms with Gasteiger partial charge in [0.2, 0.25) is 11.6 Å². The molecule has 9 nitrogen and oxygen atoms in total. The van der Waals surface area contributed by atoms with Crippen LogP contribution >= 0.6 is 0 Å². The van der Waals surface area contributed by atoms with Crippen LogP contribution in [-0.2, 0) is 0 Å². The highest BCUT2D eigenvalue weighted by molar-refractivity contribution is 6.06. The van der Waals surface area contributed by atoms with Gasteiger partial charge in [0.1, 0.15) is 18.1 Å². The second-order valence-electron chi connectivity index (χ2n) is 7.78. The third-order valence-corrected chi connectivity index (χ3v) is 5.42. The van der Waals surface area contributed by atoms with Crippen LogP contribution in [0.2, 0.25) is 0 Å². The predicted molar refractivity (Wildman–Crippen MR) is 133 cm³/mol. The van der Waals surface area contributed by atoms with E-state index in [9.17, 15) is 18.0 Å². The quantitative estimate of drug-likeness (QED) is 0.225. The van der Waals surface area contributed by atoms with Gasteiger partial charge in [-0.05, 0) is 25.2 Å². The van der Waals surface area contributed by atoms with Crippen LogP contribution in [0.3, 0.4) is 0 Å². The molecule has 0 aliphatic carbocycles. The molecule has 0 fully saturated rings. The van der Waals surface area contributed by atoms with Crippen LogP contribution in [0.1, 0.15) is 10.4 Å². The Morgan fingerprint density at radius 3 is 2.45 bits per heavy atom. The van der Waals surface area contributed by atoms with Crippen molar-refractivity contribution in [1.82, 2.24) is 15.3 Å². The number of hydrogen-bond donors (Lipinski definition) is 2. The number of anilines is 1. The number of benzene rings is 2. The molecular weight excluding hydrogens is 505 g/mol. The van der Waals surface area contributed by atoms with E-state index >= 15 is 0 Å². The lowest BCUT2D eigenvalue weighted by atomic mass is 10.1. The van der Waals surface area contributed by atoms with Crippen LogP contribution in [0.5, 0.6) is 28.7 Å². The van der Waals surface area contributed by atoms with Gasteiger partial charge in [-0.3, -0.25) is 14.8 Å². The van der Waals surface area contributed by atoms with Crippen molar-refractivity contribution in [2.24, 2.45) is 0 Å². The Bertz CT molecular complexity index is 1490. The number of hydrogen-bond acceptors (Lipinski definition) is 8. The van der Waals surface area contributed by atoms with Crippen molar-refractivity contribution in [2.75, 3.05) is 39.7 Å². The number of amides is 1. The van der Waals surface area contributed by atoms with Crippen molar-refractivity contribution < 1.29 is 36.9 Å². The average Bonchev–Trinajstić information content (AvgIpc) is 2.93. The van der Waals surface area contributed by atoms with Crippen molar-refractivity contribution in [3.05, 3.63) is 71.9 Å². The van der Waals surface area contributed by atoms with Crippen molar-refractivity contribution in [1.29, 1.82) is 0 Å². The molecule has 0 aliphatic rings. The molecule has 4 aromatic rings. The summed E-state index contributed by atoms with van der Waals surface area (Å²) in [7, 11) is 4.55. The summed E-state index contributed by atoms with van der Waals surface area (Å²) in [5.41, 5.74) is -0.395. The van der Waals surface area contributed by atoms with Crippen LogP contribution in [-0.4, -0.2) is 50.3 Å². The first kappa shape index (κ1) is 26.5. The first-order chi connectivity index (χ1) is 18.4. The number of carbonyl (C=O) groups excluding carboxylic acids is 1. The molecule has 0 spiro atoms. The monoisotopic (exact) mass is 528 g/mol. The molecule has 2 heterocycles. The number of nitrogens with zero attached hydrogens (tertiary/aromatic N) is 2. The van der Waals surface area contributed by atoms with Gasteiger partial charge in [0.25, 0.3) is 5.91 Å². The molecule has 2 N–H and O–H groups in total. The molecule has 0 radical (unpaired) electrons. The first-order valence-corrected chi connectivity index (χ1v) is 11.3. The van der Waals surface area contributed by atoms with Gasteiger partial charge in [-0.1, -0.05) is 0 Å². The lowest BCUT2D eigenvalue weighted by molar-refractivity contribution is 0.102. The number of nitrogens with one attached hydrogen (secondary N) is 2. The topological polar surface area (TPSA) is 104 Å². The molecule has 0 bridgehead atoms. The Balaban J connectivity index is 1.65. The van der Waals surface area contributed by atoms with Gasteiger partial charge in [-0.15, -0.1) is 0 Å². The Hall–Kier alpha value is -4.58. The number of methoxy groups -OCH3 is 2. The van der Waals surface area contributed by atoms with Gasteiger partial charge in [0.15, 0.2) is 23.1 Å². The van der Waals surface area contributed by atoms with Crippen molar-refractivity contribution in [3.63, 3.8) is 0 Å². The maximum atomic E-state index is 15.0. The highest BCUT2D eigenvalue weighted by atomic mass is 19.2. The molecule has 0 saturated heterocycles. The van der Waals surface area contributed by atoms with E-state index in [1.165, 1.54) is 51.0 Å². The van der Waals surface area contributed by atoms with Crippen LogP contribution in [0, 0.1) is 17.5 Å². The van der Waals surface area contributed by atoms with Crippen molar-refractivity contribution in [2.45, 2.75) is 0 Å². The van der Waals surface area contributed by atoms with Crippen LogP contribution < -0.4 is 29.6 Å². The normalized spacial score (nSPS) is 10.8. The largest absolute Gasteiger partial charge is 0.496 e. The first-order valence-electron chi connectivity index (χ1n) is 11.3. The highest BCUT2D eigenvalue weighted by Crippen LogP contribution is 2.39. The Morgan fingerprint density at radius 2 is 1.71 bits per heavy atom. The van der Waals surface area contributed by atoms with Gasteiger partial charge in [0.05, 0.1) is 31.0 Å². The van der Waals surface area contributed by atoms with Gasteiger partial charge < -0.3 is 29.6 Å². The molecule has 2 aromatic heterocycles. The minimum atomic E-state index is -1.64. The van der Waals surface area contributed by atoms with Crippen molar-refractivity contribution in [3.8, 4) is 28.7 Å². The number of halogens is 3. The molecule has 0 saturated carbocycles. The number of ether oxygens (including phenoxy) is 4. The maximum Gasteiger partial charge on any atom is 0.261 e. The molecular formula is C26H23F3N4O5. The second kappa shape index (κ2) is 11.6. The Kier molecular flexibility index (Phi) is 8.12. The molecule has 198 valence electrons. The van der Waals surface area contributed by atoms with E-state index in [1.807, 2.05) is 0 Å². The van der Waals surface area contributed by atoms with E-state index in [1.54, 1.807) is 13.1 Å². The Labute approximate surface area is 215 Å². The average molecular weight is 528 g/mol. The van der Waals surface area contributed by atoms with Crippen molar-refractivity contribution >= 4 is 22.5 Å². The summed E-state index contributed by atoms with van der Waals surface area (Å²) in [6.07, 6.45) is 3.93. The fourth-order valence-electron chi connectivity index (χ4n) is 3.55. The number of pyridine rings is 2. The zero-order valence-electron chi connectivity index (χ0n) is 20.6. The second-order valence-corrected chi connectivity index (χ2v) is 7.78. The number of fused-ring (bicyclic) bond motifs is 1. The third-order valence-electron chi connectivity index (χ3n) is 5.42. The summed E-state index contributed by atoms with van der Waals surface area (Å²) >= 11 is 0. The summed E-state index contributed by atoms with van der Waals surface area (Å²) in [5, 5.41) is 5.43. The SMILES string of the molecule is CNCCOc1cc2nccc(Oc3c(F)cc(NC(=O)c4cnccc4OC)c(F)c3F)c2cc1OC. The molecule has 2 aromatic carbocycles. The van der Waals surface area contributed by atoms with Crippen LogP contribution in [0.4, 0.5) is 18.9 Å². The van der Waals surface area contributed by atoms with E-state index in [2.05, 4.69) is 20.6 Å². The molecule has 1 amide bonds. The lowest BCUT2D eigenvalue weighted by Gasteiger charge is -2.15. The lowest BCUT2D eigenvalue weighted by Crippen LogP contribution is -2.16. The summed E-state index contributed by atoms with van der Waals surface area (Å²) in [6, 6.07) is 6.52. The predicted octanol–water partition coefficient (Wildman–Crippen LogP) is 4.71. The Morgan fingerprint density at radius 1 is 0.947 bits per heavy atom. The fourth-order valence-corrected chi connectivity index (χ4v) is 3.55. The molecule has 0 unspecified atom stereocenters.